The monoisotopic (exact) mass is 229 g/mol. The highest BCUT2D eigenvalue weighted by Gasteiger charge is 2.35. The van der Waals surface area contributed by atoms with Crippen LogP contribution in [0.5, 0.6) is 0 Å². The van der Waals surface area contributed by atoms with Crippen molar-refractivity contribution in [3.05, 3.63) is 0 Å². The standard InChI is InChI=1S/C12H23NO3/c1-6-7-12(5,11(15)16)13-10(14)9(4)8(2)3/h8-9H,6-7H2,1-5H3,(H,13,14)(H,15,16)/t9-,12-/m1/s1. The first kappa shape index (κ1) is 14.9. The Morgan fingerprint density at radius 3 is 2.12 bits per heavy atom. The van der Waals surface area contributed by atoms with Crippen LogP contribution in [0.1, 0.15) is 47.5 Å². The van der Waals surface area contributed by atoms with Crippen molar-refractivity contribution in [2.75, 3.05) is 0 Å². The third-order valence-electron chi connectivity index (χ3n) is 3.03. The van der Waals surface area contributed by atoms with Crippen LogP contribution in [0.3, 0.4) is 0 Å². The Labute approximate surface area is 97.4 Å². The van der Waals surface area contributed by atoms with Gasteiger partial charge >= 0.3 is 5.97 Å². The van der Waals surface area contributed by atoms with Gasteiger partial charge in [-0.15, -0.1) is 0 Å². The van der Waals surface area contributed by atoms with E-state index in [1.54, 1.807) is 6.92 Å². The Balaban J connectivity index is 4.65. The van der Waals surface area contributed by atoms with E-state index in [1.165, 1.54) is 0 Å². The van der Waals surface area contributed by atoms with Gasteiger partial charge in [0.15, 0.2) is 0 Å². The van der Waals surface area contributed by atoms with E-state index in [9.17, 15) is 9.59 Å². The van der Waals surface area contributed by atoms with Crippen LogP contribution in [0.2, 0.25) is 0 Å². The van der Waals surface area contributed by atoms with Crippen molar-refractivity contribution in [1.29, 1.82) is 0 Å². The minimum Gasteiger partial charge on any atom is -0.480 e. The molecule has 0 aliphatic carbocycles. The minimum atomic E-state index is -1.14. The normalized spacial score (nSPS) is 16.6. The second kappa shape index (κ2) is 5.87. The number of carboxylic acids is 1. The topological polar surface area (TPSA) is 66.4 Å². The maximum Gasteiger partial charge on any atom is 0.329 e. The van der Waals surface area contributed by atoms with Crippen molar-refractivity contribution in [2.45, 2.75) is 53.0 Å². The van der Waals surface area contributed by atoms with E-state index in [0.717, 1.165) is 6.42 Å². The molecule has 0 saturated carbocycles. The van der Waals surface area contributed by atoms with E-state index in [0.29, 0.717) is 6.42 Å². The highest BCUT2D eigenvalue weighted by atomic mass is 16.4. The Hall–Kier alpha value is -1.06. The van der Waals surface area contributed by atoms with Crippen molar-refractivity contribution in [3.63, 3.8) is 0 Å². The van der Waals surface area contributed by atoms with Crippen LogP contribution in [0.25, 0.3) is 0 Å². The number of carbonyl (C=O) groups excluding carboxylic acids is 1. The van der Waals surface area contributed by atoms with Crippen molar-refractivity contribution in [3.8, 4) is 0 Å². The molecular formula is C12H23NO3. The molecule has 0 bridgehead atoms. The van der Waals surface area contributed by atoms with Crippen LogP contribution in [-0.2, 0) is 9.59 Å². The summed E-state index contributed by atoms with van der Waals surface area (Å²) in [4.78, 5) is 22.9. The van der Waals surface area contributed by atoms with Crippen molar-refractivity contribution in [2.24, 2.45) is 11.8 Å². The number of hydrogen-bond donors (Lipinski definition) is 2. The Kier molecular flexibility index (Phi) is 5.48. The molecule has 4 nitrogen and oxygen atoms in total. The first-order chi connectivity index (χ1) is 7.24. The fraction of sp³-hybridized carbons (Fsp3) is 0.833. The molecule has 1 amide bonds. The summed E-state index contributed by atoms with van der Waals surface area (Å²) < 4.78 is 0. The van der Waals surface area contributed by atoms with Crippen LogP contribution in [0.15, 0.2) is 0 Å². The molecule has 0 spiro atoms. The smallest absolute Gasteiger partial charge is 0.329 e. The van der Waals surface area contributed by atoms with E-state index in [2.05, 4.69) is 5.32 Å². The fourth-order valence-corrected chi connectivity index (χ4v) is 1.41. The third-order valence-corrected chi connectivity index (χ3v) is 3.03. The average Bonchev–Trinajstić information content (AvgIpc) is 2.16. The molecular weight excluding hydrogens is 206 g/mol. The number of aliphatic carboxylic acids is 1. The van der Waals surface area contributed by atoms with Gasteiger partial charge in [0.1, 0.15) is 5.54 Å². The summed E-state index contributed by atoms with van der Waals surface area (Å²) in [6, 6.07) is 0. The summed E-state index contributed by atoms with van der Waals surface area (Å²) in [5.74, 6) is -1.12. The summed E-state index contributed by atoms with van der Waals surface area (Å²) in [5.41, 5.74) is -1.14. The van der Waals surface area contributed by atoms with E-state index in [1.807, 2.05) is 27.7 Å². The lowest BCUT2D eigenvalue weighted by Gasteiger charge is -2.28. The van der Waals surface area contributed by atoms with Crippen LogP contribution in [0.4, 0.5) is 0 Å². The van der Waals surface area contributed by atoms with Gasteiger partial charge in [-0.2, -0.15) is 0 Å². The second-order valence-electron chi connectivity index (χ2n) is 4.91. The van der Waals surface area contributed by atoms with Gasteiger partial charge < -0.3 is 10.4 Å². The molecule has 0 aliphatic rings. The summed E-state index contributed by atoms with van der Waals surface area (Å²) in [5, 5.41) is 11.8. The number of rotatable bonds is 6. The van der Waals surface area contributed by atoms with Crippen molar-refractivity contribution >= 4 is 11.9 Å². The van der Waals surface area contributed by atoms with Crippen molar-refractivity contribution < 1.29 is 14.7 Å². The van der Waals surface area contributed by atoms with Gasteiger partial charge in [0, 0.05) is 5.92 Å². The second-order valence-corrected chi connectivity index (χ2v) is 4.91. The maximum atomic E-state index is 11.8. The molecule has 0 radical (unpaired) electrons. The SMILES string of the molecule is CCC[C@@](C)(NC(=O)[C@H](C)C(C)C)C(=O)O. The summed E-state index contributed by atoms with van der Waals surface area (Å²) >= 11 is 0. The molecule has 0 saturated heterocycles. The first-order valence-electron chi connectivity index (χ1n) is 5.80. The largest absolute Gasteiger partial charge is 0.480 e. The first-order valence-corrected chi connectivity index (χ1v) is 5.80. The van der Waals surface area contributed by atoms with Crippen LogP contribution in [-0.4, -0.2) is 22.5 Å². The number of carboxylic acid groups (broad SMARTS) is 1. The molecule has 94 valence electrons. The number of nitrogens with one attached hydrogen (secondary N) is 1. The Morgan fingerprint density at radius 1 is 1.31 bits per heavy atom. The molecule has 0 rings (SSSR count). The van der Waals surface area contributed by atoms with Gasteiger partial charge in [0.05, 0.1) is 0 Å². The quantitative estimate of drug-likeness (QED) is 0.732. The number of carbonyl (C=O) groups is 2. The lowest BCUT2D eigenvalue weighted by Crippen LogP contribution is -2.53. The highest BCUT2D eigenvalue weighted by Crippen LogP contribution is 2.16. The van der Waals surface area contributed by atoms with Gasteiger partial charge in [0.25, 0.3) is 0 Å². The Morgan fingerprint density at radius 2 is 1.81 bits per heavy atom. The summed E-state index contributed by atoms with van der Waals surface area (Å²) in [6.07, 6.45) is 1.16. The van der Waals surface area contributed by atoms with Gasteiger partial charge in [-0.25, -0.2) is 4.79 Å². The molecule has 0 aromatic heterocycles. The highest BCUT2D eigenvalue weighted by molar-refractivity contribution is 5.87. The van der Waals surface area contributed by atoms with Gasteiger partial charge in [-0.3, -0.25) is 4.79 Å². The van der Waals surface area contributed by atoms with E-state index >= 15 is 0 Å². The molecule has 2 N–H and O–H groups in total. The Bertz CT molecular complexity index is 263. The molecule has 0 aromatic carbocycles. The zero-order chi connectivity index (χ0) is 12.9. The molecule has 0 aromatic rings. The maximum absolute atomic E-state index is 11.8. The molecule has 0 unspecified atom stereocenters. The molecule has 0 heterocycles. The number of amides is 1. The molecule has 16 heavy (non-hydrogen) atoms. The summed E-state index contributed by atoms with van der Waals surface area (Å²) in [6.45, 7) is 9.17. The van der Waals surface area contributed by atoms with Crippen molar-refractivity contribution in [1.82, 2.24) is 5.32 Å². The van der Waals surface area contributed by atoms with Gasteiger partial charge in [0.2, 0.25) is 5.91 Å². The molecule has 4 heteroatoms. The van der Waals surface area contributed by atoms with E-state index < -0.39 is 11.5 Å². The van der Waals surface area contributed by atoms with E-state index in [4.69, 9.17) is 5.11 Å². The predicted molar refractivity (Wildman–Crippen MR) is 63.1 cm³/mol. The van der Waals surface area contributed by atoms with Crippen LogP contribution < -0.4 is 5.32 Å². The lowest BCUT2D eigenvalue weighted by molar-refractivity contribution is -0.148. The summed E-state index contributed by atoms with van der Waals surface area (Å²) in [7, 11) is 0. The van der Waals surface area contributed by atoms with Gasteiger partial charge in [-0.1, -0.05) is 34.1 Å². The zero-order valence-electron chi connectivity index (χ0n) is 10.8. The third kappa shape index (κ3) is 3.83. The average molecular weight is 229 g/mol. The molecule has 0 fully saturated rings. The van der Waals surface area contributed by atoms with Crippen LogP contribution in [0, 0.1) is 11.8 Å². The fourth-order valence-electron chi connectivity index (χ4n) is 1.41. The van der Waals surface area contributed by atoms with Gasteiger partial charge in [-0.05, 0) is 19.3 Å². The van der Waals surface area contributed by atoms with Crippen LogP contribution >= 0.6 is 0 Å². The molecule has 2 atom stereocenters. The van der Waals surface area contributed by atoms with E-state index in [-0.39, 0.29) is 17.7 Å². The predicted octanol–water partition coefficient (Wildman–Crippen LogP) is 2.04. The minimum absolute atomic E-state index is 0.171. The zero-order valence-corrected chi connectivity index (χ0v) is 10.8. The molecule has 0 aliphatic heterocycles. The lowest BCUT2D eigenvalue weighted by atomic mass is 9.92. The number of hydrogen-bond acceptors (Lipinski definition) is 2.